The lowest BCUT2D eigenvalue weighted by atomic mass is 9.90. The molecule has 33 heavy (non-hydrogen) atoms. The maximum Gasteiger partial charge on any atom is 0.407 e. The van der Waals surface area contributed by atoms with Gasteiger partial charge in [-0.25, -0.2) is 9.31 Å². The lowest BCUT2D eigenvalue weighted by Crippen LogP contribution is -2.40. The number of anilines is 1. The lowest BCUT2D eigenvalue weighted by molar-refractivity contribution is 0.125. The molecule has 0 unspecified atom stereocenters. The highest BCUT2D eigenvalue weighted by Crippen LogP contribution is 2.33. The minimum absolute atomic E-state index is 0.0825. The Morgan fingerprint density at radius 3 is 2.58 bits per heavy atom. The van der Waals surface area contributed by atoms with E-state index in [4.69, 9.17) is 5.10 Å². The van der Waals surface area contributed by atoms with Crippen LogP contribution in [0.4, 0.5) is 10.6 Å². The van der Waals surface area contributed by atoms with Gasteiger partial charge in [0.2, 0.25) is 0 Å². The third kappa shape index (κ3) is 3.88. The zero-order chi connectivity index (χ0) is 23.1. The van der Waals surface area contributed by atoms with Crippen LogP contribution in [0.5, 0.6) is 0 Å². The Morgan fingerprint density at radius 1 is 1.18 bits per heavy atom. The molecule has 0 spiro atoms. The molecule has 1 aliphatic rings. The summed E-state index contributed by atoms with van der Waals surface area (Å²) in [5, 5.41) is 23.5. The van der Waals surface area contributed by atoms with Crippen LogP contribution in [0.1, 0.15) is 45.6 Å². The average molecular weight is 448 g/mol. The molecule has 9 heteroatoms. The minimum Gasteiger partial charge on any atom is -0.465 e. The van der Waals surface area contributed by atoms with Crippen LogP contribution in [-0.4, -0.2) is 59.6 Å². The highest BCUT2D eigenvalue weighted by molar-refractivity contribution is 6.00. The maximum absolute atomic E-state index is 11.3. The number of amides is 1. The maximum atomic E-state index is 11.3. The zero-order valence-electron chi connectivity index (χ0n) is 19.1. The second kappa shape index (κ2) is 8.38. The average Bonchev–Trinajstić information content (AvgIpc) is 3.41. The van der Waals surface area contributed by atoms with E-state index in [1.54, 1.807) is 19.4 Å². The molecule has 9 nitrogen and oxygen atoms in total. The number of aromatic nitrogens is 5. The number of fused-ring (bicyclic) bond motifs is 3. The van der Waals surface area contributed by atoms with E-state index in [2.05, 4.69) is 40.0 Å². The highest BCUT2D eigenvalue weighted by Gasteiger charge is 2.27. The fourth-order valence-electron chi connectivity index (χ4n) is 4.81. The van der Waals surface area contributed by atoms with E-state index >= 15 is 0 Å². The van der Waals surface area contributed by atoms with Crippen LogP contribution in [0.25, 0.3) is 27.5 Å². The van der Waals surface area contributed by atoms with Crippen LogP contribution < -0.4 is 5.32 Å². The molecule has 0 aliphatic heterocycles. The summed E-state index contributed by atoms with van der Waals surface area (Å²) in [5.74, 6) is 0.843. The second-order valence-corrected chi connectivity index (χ2v) is 9.13. The normalized spacial score (nSPS) is 18.8. The molecule has 5 rings (SSSR count). The van der Waals surface area contributed by atoms with Crippen LogP contribution in [0.2, 0.25) is 0 Å². The summed E-state index contributed by atoms with van der Waals surface area (Å²) in [6.07, 6.45) is 10.2. The fraction of sp³-hybridized carbons (Fsp3) is 0.417. The molecule has 1 amide bonds. The molecule has 1 aliphatic carbocycles. The molecule has 1 saturated carbocycles. The van der Waals surface area contributed by atoms with Gasteiger partial charge in [-0.1, -0.05) is 0 Å². The summed E-state index contributed by atoms with van der Waals surface area (Å²) in [6.45, 7) is 4.26. The minimum atomic E-state index is -0.860. The lowest BCUT2D eigenvalue weighted by Gasteiger charge is -2.33. The molecule has 0 saturated heterocycles. The number of hydrogen-bond acceptors (Lipinski definition) is 5. The van der Waals surface area contributed by atoms with E-state index in [1.807, 2.05) is 29.0 Å². The van der Waals surface area contributed by atoms with E-state index < -0.39 is 6.09 Å². The van der Waals surface area contributed by atoms with Crippen molar-refractivity contribution in [2.24, 2.45) is 0 Å². The molecule has 0 bridgehead atoms. The third-order valence-corrected chi connectivity index (χ3v) is 6.69. The van der Waals surface area contributed by atoms with Gasteiger partial charge in [-0.2, -0.15) is 10.2 Å². The smallest absolute Gasteiger partial charge is 0.407 e. The Balaban J connectivity index is 1.47. The van der Waals surface area contributed by atoms with E-state index in [0.717, 1.165) is 59.0 Å². The number of nitrogens with zero attached hydrogens (tertiary/aromatic N) is 6. The molecule has 2 N–H and O–H groups in total. The predicted octanol–water partition coefficient (Wildman–Crippen LogP) is 4.66. The standard InChI is InChI=1S/C24H29N7O2/c1-15(2)31-22-20(13-26-30-14-17(12-21(22)30)16-8-10-25-11-9-16)23(28-31)27-18-4-6-19(7-5-18)29(3)24(32)33/h8-15,18-19H,4-7H2,1-3H3,(H,27,28)(H,32,33). The molecule has 4 aromatic heterocycles. The van der Waals surface area contributed by atoms with Crippen LogP contribution in [0, 0.1) is 0 Å². The first kappa shape index (κ1) is 21.2. The number of carboxylic acid groups (broad SMARTS) is 1. The molecule has 0 atom stereocenters. The molecule has 4 heterocycles. The number of pyridine rings is 1. The van der Waals surface area contributed by atoms with Crippen molar-refractivity contribution in [3.05, 3.63) is 43.0 Å². The SMILES string of the molecule is CC(C)n1nc(NC2CCC(N(C)C(=O)O)CC2)c2cnn3cc(-c4ccncc4)cc3c21. The molecule has 1 fully saturated rings. The van der Waals surface area contributed by atoms with Gasteiger partial charge in [-0.3, -0.25) is 9.67 Å². The van der Waals surface area contributed by atoms with Crippen molar-refractivity contribution in [3.63, 3.8) is 0 Å². The van der Waals surface area contributed by atoms with Crippen LogP contribution >= 0.6 is 0 Å². The highest BCUT2D eigenvalue weighted by atomic mass is 16.4. The van der Waals surface area contributed by atoms with Crippen molar-refractivity contribution in [2.75, 3.05) is 12.4 Å². The van der Waals surface area contributed by atoms with Crippen molar-refractivity contribution >= 4 is 28.3 Å². The predicted molar refractivity (Wildman–Crippen MR) is 128 cm³/mol. The quantitative estimate of drug-likeness (QED) is 0.461. The van der Waals surface area contributed by atoms with Gasteiger partial charge in [0.25, 0.3) is 0 Å². The molecular formula is C24H29N7O2. The van der Waals surface area contributed by atoms with Gasteiger partial charge in [0.1, 0.15) is 0 Å². The number of nitrogens with one attached hydrogen (secondary N) is 1. The Morgan fingerprint density at radius 2 is 1.91 bits per heavy atom. The summed E-state index contributed by atoms with van der Waals surface area (Å²) >= 11 is 0. The second-order valence-electron chi connectivity index (χ2n) is 9.13. The number of hydrogen-bond donors (Lipinski definition) is 2. The van der Waals surface area contributed by atoms with Gasteiger partial charge in [0.15, 0.2) is 5.82 Å². The zero-order valence-corrected chi connectivity index (χ0v) is 19.1. The molecule has 0 aromatic carbocycles. The van der Waals surface area contributed by atoms with Gasteiger partial charge in [-0.05, 0) is 63.3 Å². The molecular weight excluding hydrogens is 418 g/mol. The first-order valence-electron chi connectivity index (χ1n) is 11.4. The number of carbonyl (C=O) groups is 1. The molecule has 172 valence electrons. The van der Waals surface area contributed by atoms with E-state index in [-0.39, 0.29) is 18.1 Å². The van der Waals surface area contributed by atoms with E-state index in [9.17, 15) is 9.90 Å². The van der Waals surface area contributed by atoms with E-state index in [1.165, 1.54) is 4.90 Å². The Labute approximate surface area is 192 Å². The fourth-order valence-corrected chi connectivity index (χ4v) is 4.81. The van der Waals surface area contributed by atoms with Gasteiger partial charge >= 0.3 is 6.09 Å². The Kier molecular flexibility index (Phi) is 5.39. The largest absolute Gasteiger partial charge is 0.465 e. The van der Waals surface area contributed by atoms with Crippen LogP contribution in [-0.2, 0) is 0 Å². The monoisotopic (exact) mass is 447 g/mol. The summed E-state index contributed by atoms with van der Waals surface area (Å²) in [6, 6.07) is 6.68. The summed E-state index contributed by atoms with van der Waals surface area (Å²) in [5.41, 5.74) is 4.26. The van der Waals surface area contributed by atoms with Crippen molar-refractivity contribution < 1.29 is 9.90 Å². The first-order valence-corrected chi connectivity index (χ1v) is 11.4. The van der Waals surface area contributed by atoms with Crippen molar-refractivity contribution in [2.45, 2.75) is 57.7 Å². The third-order valence-electron chi connectivity index (χ3n) is 6.69. The van der Waals surface area contributed by atoms with Gasteiger partial charge in [0, 0.05) is 49.3 Å². The van der Waals surface area contributed by atoms with Crippen LogP contribution in [0.3, 0.4) is 0 Å². The first-order chi connectivity index (χ1) is 15.9. The summed E-state index contributed by atoms with van der Waals surface area (Å²) in [4.78, 5) is 16.8. The number of rotatable bonds is 5. The van der Waals surface area contributed by atoms with Gasteiger partial charge in [0.05, 0.1) is 22.6 Å². The molecule has 4 aromatic rings. The molecule has 0 radical (unpaired) electrons. The topological polar surface area (TPSA) is 101 Å². The summed E-state index contributed by atoms with van der Waals surface area (Å²) in [7, 11) is 1.66. The van der Waals surface area contributed by atoms with E-state index in [0.29, 0.717) is 0 Å². The summed E-state index contributed by atoms with van der Waals surface area (Å²) < 4.78 is 3.98. The van der Waals surface area contributed by atoms with Crippen molar-refractivity contribution in [1.82, 2.24) is 29.3 Å². The Hall–Kier alpha value is -3.62. The Bertz CT molecular complexity index is 1290. The van der Waals surface area contributed by atoms with Crippen LogP contribution in [0.15, 0.2) is 43.0 Å². The van der Waals surface area contributed by atoms with Gasteiger partial charge in [-0.15, -0.1) is 0 Å². The van der Waals surface area contributed by atoms with Gasteiger partial charge < -0.3 is 15.3 Å². The van der Waals surface area contributed by atoms with Crippen molar-refractivity contribution in [1.29, 1.82) is 0 Å². The van der Waals surface area contributed by atoms with Crippen molar-refractivity contribution in [3.8, 4) is 11.1 Å².